The third-order valence-corrected chi connectivity index (χ3v) is 7.05. The fraction of sp³-hybridized carbons (Fsp3) is 0.500. The number of hydrogen-bond donors (Lipinski definition) is 1. The van der Waals surface area contributed by atoms with Gasteiger partial charge in [-0.05, 0) is 51.3 Å². The van der Waals surface area contributed by atoms with Crippen LogP contribution in [0.15, 0.2) is 27.6 Å². The Kier molecular flexibility index (Phi) is 4.65. The summed E-state index contributed by atoms with van der Waals surface area (Å²) in [6.07, 6.45) is 2.62. The van der Waals surface area contributed by atoms with E-state index in [1.807, 2.05) is 0 Å². The molecule has 0 atom stereocenters. The lowest BCUT2D eigenvalue weighted by atomic mass is 9.77. The van der Waals surface area contributed by atoms with E-state index < -0.39 is 15.6 Å². The molecule has 7 nitrogen and oxygen atoms in total. The third kappa shape index (κ3) is 3.19. The van der Waals surface area contributed by atoms with Gasteiger partial charge in [0, 0.05) is 13.1 Å². The van der Waals surface area contributed by atoms with Gasteiger partial charge in [0.05, 0.1) is 21.0 Å². The summed E-state index contributed by atoms with van der Waals surface area (Å²) in [6.45, 7) is 3.61. The molecular formula is C16H21ClN4O3S. The Morgan fingerprint density at radius 3 is 2.60 bits per heavy atom. The molecule has 0 radical (unpaired) electrons. The number of benzene rings is 1. The van der Waals surface area contributed by atoms with Crippen LogP contribution >= 0.6 is 11.6 Å². The van der Waals surface area contributed by atoms with Crippen molar-refractivity contribution in [3.8, 4) is 11.5 Å². The monoisotopic (exact) mass is 384 g/mol. The molecule has 3 rings (SSSR count). The van der Waals surface area contributed by atoms with Crippen molar-refractivity contribution in [1.29, 1.82) is 0 Å². The third-order valence-electron chi connectivity index (χ3n) is 4.69. The van der Waals surface area contributed by atoms with Gasteiger partial charge in [-0.2, -0.15) is 9.29 Å². The van der Waals surface area contributed by atoms with Crippen LogP contribution in [-0.2, 0) is 15.6 Å². The summed E-state index contributed by atoms with van der Waals surface area (Å²) in [5.41, 5.74) is 6.02. The van der Waals surface area contributed by atoms with Crippen molar-refractivity contribution >= 4 is 21.6 Å². The Balaban J connectivity index is 2.01. The van der Waals surface area contributed by atoms with E-state index >= 15 is 0 Å². The molecule has 0 aliphatic heterocycles. The van der Waals surface area contributed by atoms with Gasteiger partial charge in [0.1, 0.15) is 0 Å². The predicted octanol–water partition coefficient (Wildman–Crippen LogP) is 2.76. The van der Waals surface area contributed by atoms with E-state index in [0.29, 0.717) is 16.4 Å². The average molecular weight is 385 g/mol. The van der Waals surface area contributed by atoms with Gasteiger partial charge in [0.2, 0.25) is 10.0 Å². The topological polar surface area (TPSA) is 102 Å². The van der Waals surface area contributed by atoms with Crippen LogP contribution in [0.2, 0.25) is 5.02 Å². The molecule has 1 aromatic carbocycles. The molecule has 1 aromatic heterocycles. The van der Waals surface area contributed by atoms with E-state index in [1.165, 1.54) is 29.6 Å². The highest BCUT2D eigenvalue weighted by Crippen LogP contribution is 2.38. The summed E-state index contributed by atoms with van der Waals surface area (Å²) in [6, 6.07) is 4.27. The number of nitrogens with zero attached hydrogens (tertiary/aromatic N) is 3. The highest BCUT2D eigenvalue weighted by molar-refractivity contribution is 7.89. The summed E-state index contributed by atoms with van der Waals surface area (Å²) in [5, 5.41) is 4.29. The zero-order valence-corrected chi connectivity index (χ0v) is 15.9. The SMILES string of the molecule is CC(C)N(C)S(=O)(=O)c1ccc(Cl)c(-c2nc(C3(N)CCC3)no2)c1. The largest absolute Gasteiger partial charge is 0.334 e. The van der Waals surface area contributed by atoms with E-state index in [1.54, 1.807) is 13.8 Å². The molecule has 0 amide bonds. The fourth-order valence-electron chi connectivity index (χ4n) is 2.59. The number of aromatic nitrogens is 2. The number of halogens is 1. The van der Waals surface area contributed by atoms with Gasteiger partial charge in [-0.3, -0.25) is 0 Å². The van der Waals surface area contributed by atoms with E-state index in [2.05, 4.69) is 10.1 Å². The quantitative estimate of drug-likeness (QED) is 0.850. The van der Waals surface area contributed by atoms with Gasteiger partial charge in [-0.25, -0.2) is 8.42 Å². The zero-order valence-electron chi connectivity index (χ0n) is 14.4. The first-order valence-corrected chi connectivity index (χ1v) is 9.88. The Labute approximate surface area is 152 Å². The summed E-state index contributed by atoms with van der Waals surface area (Å²) in [5.74, 6) is 0.596. The summed E-state index contributed by atoms with van der Waals surface area (Å²) < 4.78 is 32.0. The number of rotatable bonds is 5. The molecule has 0 unspecified atom stereocenters. The summed E-state index contributed by atoms with van der Waals surface area (Å²) >= 11 is 6.23. The summed E-state index contributed by atoms with van der Waals surface area (Å²) in [7, 11) is -2.10. The minimum absolute atomic E-state index is 0.119. The van der Waals surface area contributed by atoms with Crippen molar-refractivity contribution in [2.45, 2.75) is 49.6 Å². The lowest BCUT2D eigenvalue weighted by Crippen LogP contribution is -2.44. The minimum atomic E-state index is -3.64. The minimum Gasteiger partial charge on any atom is -0.334 e. The van der Waals surface area contributed by atoms with Crippen LogP contribution in [-0.4, -0.2) is 36.0 Å². The van der Waals surface area contributed by atoms with Crippen LogP contribution < -0.4 is 5.73 Å². The van der Waals surface area contributed by atoms with Crippen molar-refractivity contribution < 1.29 is 12.9 Å². The number of hydrogen-bond acceptors (Lipinski definition) is 6. The first-order chi connectivity index (χ1) is 11.6. The van der Waals surface area contributed by atoms with Crippen LogP contribution in [0.5, 0.6) is 0 Å². The maximum absolute atomic E-state index is 12.7. The summed E-state index contributed by atoms with van der Waals surface area (Å²) in [4.78, 5) is 4.46. The van der Waals surface area contributed by atoms with Gasteiger partial charge < -0.3 is 10.3 Å². The Bertz CT molecular complexity index is 891. The van der Waals surface area contributed by atoms with Gasteiger partial charge in [0.25, 0.3) is 5.89 Å². The Hall–Kier alpha value is -1.48. The smallest absolute Gasteiger partial charge is 0.259 e. The van der Waals surface area contributed by atoms with Gasteiger partial charge >= 0.3 is 0 Å². The van der Waals surface area contributed by atoms with Gasteiger partial charge in [0.15, 0.2) is 5.82 Å². The van der Waals surface area contributed by atoms with E-state index in [-0.39, 0.29) is 16.8 Å². The lowest BCUT2D eigenvalue weighted by Gasteiger charge is -2.34. The fourth-order valence-corrected chi connectivity index (χ4v) is 4.18. The molecule has 1 saturated carbocycles. The van der Waals surface area contributed by atoms with Crippen molar-refractivity contribution in [3.63, 3.8) is 0 Å². The van der Waals surface area contributed by atoms with E-state index in [0.717, 1.165) is 19.3 Å². The van der Waals surface area contributed by atoms with Crippen molar-refractivity contribution in [2.75, 3.05) is 7.05 Å². The zero-order chi connectivity index (χ0) is 18.4. The second kappa shape index (κ2) is 6.35. The molecule has 2 N–H and O–H groups in total. The number of nitrogens with two attached hydrogens (primary N) is 1. The van der Waals surface area contributed by atoms with Crippen molar-refractivity contribution in [2.24, 2.45) is 5.73 Å². The molecule has 1 aliphatic carbocycles. The first-order valence-electron chi connectivity index (χ1n) is 8.06. The standard InChI is InChI=1S/C16H21ClN4O3S/c1-10(2)21(3)25(22,23)11-5-6-13(17)12(9-11)14-19-15(20-24-14)16(18)7-4-8-16/h5-6,9-10H,4,7-8,18H2,1-3H3. The predicted molar refractivity (Wildman–Crippen MR) is 94.5 cm³/mol. The molecule has 9 heteroatoms. The van der Waals surface area contributed by atoms with Crippen molar-refractivity contribution in [3.05, 3.63) is 29.0 Å². The van der Waals surface area contributed by atoms with Gasteiger partial charge in [-0.1, -0.05) is 16.8 Å². The second-order valence-corrected chi connectivity index (χ2v) is 9.09. The normalized spacial score (nSPS) is 17.1. The van der Waals surface area contributed by atoms with E-state index in [4.69, 9.17) is 21.9 Å². The lowest BCUT2D eigenvalue weighted by molar-refractivity contribution is 0.229. The number of sulfonamides is 1. The van der Waals surface area contributed by atoms with Crippen LogP contribution in [0.4, 0.5) is 0 Å². The van der Waals surface area contributed by atoms with Crippen LogP contribution in [0.1, 0.15) is 38.9 Å². The molecule has 2 aromatic rings. The van der Waals surface area contributed by atoms with Crippen LogP contribution in [0, 0.1) is 0 Å². The molecule has 0 spiro atoms. The van der Waals surface area contributed by atoms with E-state index in [9.17, 15) is 8.42 Å². The molecule has 1 fully saturated rings. The van der Waals surface area contributed by atoms with Crippen molar-refractivity contribution in [1.82, 2.24) is 14.4 Å². The molecule has 1 heterocycles. The maximum atomic E-state index is 12.7. The second-order valence-electron chi connectivity index (χ2n) is 6.69. The molecule has 1 aliphatic rings. The maximum Gasteiger partial charge on any atom is 0.259 e. The first kappa shape index (κ1) is 18.3. The highest BCUT2D eigenvalue weighted by atomic mass is 35.5. The van der Waals surface area contributed by atoms with Gasteiger partial charge in [-0.15, -0.1) is 0 Å². The highest BCUT2D eigenvalue weighted by Gasteiger charge is 2.39. The molecular weight excluding hydrogens is 364 g/mol. The molecule has 25 heavy (non-hydrogen) atoms. The molecule has 0 bridgehead atoms. The molecule has 136 valence electrons. The Morgan fingerprint density at radius 1 is 1.36 bits per heavy atom. The Morgan fingerprint density at radius 2 is 2.04 bits per heavy atom. The van der Waals surface area contributed by atoms with Crippen LogP contribution in [0.25, 0.3) is 11.5 Å². The van der Waals surface area contributed by atoms with Crippen LogP contribution in [0.3, 0.4) is 0 Å². The average Bonchev–Trinajstić information content (AvgIpc) is 3.02. The molecule has 0 saturated heterocycles.